The predicted octanol–water partition coefficient (Wildman–Crippen LogP) is 3.30. The number of amides is 1. The molecule has 7 heteroatoms. The zero-order chi connectivity index (χ0) is 20.0. The number of rotatable bonds is 8. The van der Waals surface area contributed by atoms with Crippen LogP contribution in [-0.2, 0) is 14.6 Å². The predicted molar refractivity (Wildman–Crippen MR) is 105 cm³/mol. The minimum absolute atomic E-state index is 0.124. The molecule has 1 amide bonds. The van der Waals surface area contributed by atoms with E-state index in [4.69, 9.17) is 9.15 Å². The summed E-state index contributed by atoms with van der Waals surface area (Å²) in [6.07, 6.45) is 1.41. The zero-order valence-electron chi connectivity index (χ0n) is 15.4. The maximum atomic E-state index is 13.0. The summed E-state index contributed by atoms with van der Waals surface area (Å²) in [6.45, 7) is 1.62. The smallest absolute Gasteiger partial charge is 0.257 e. The van der Waals surface area contributed by atoms with E-state index >= 15 is 0 Å². The van der Waals surface area contributed by atoms with Crippen molar-refractivity contribution in [2.75, 3.05) is 13.2 Å². The Hall–Kier alpha value is -3.06. The summed E-state index contributed by atoms with van der Waals surface area (Å²) in [7, 11) is -3.74. The summed E-state index contributed by atoms with van der Waals surface area (Å²) in [4.78, 5) is 12.3. The average Bonchev–Trinajstić information content (AvgIpc) is 3.22. The molecule has 1 heterocycles. The van der Waals surface area contributed by atoms with E-state index in [1.54, 1.807) is 42.5 Å². The van der Waals surface area contributed by atoms with E-state index in [0.29, 0.717) is 5.75 Å². The lowest BCUT2D eigenvalue weighted by Gasteiger charge is -2.17. The van der Waals surface area contributed by atoms with Gasteiger partial charge in [0.1, 0.15) is 16.8 Å². The van der Waals surface area contributed by atoms with Crippen LogP contribution in [0.1, 0.15) is 16.6 Å². The summed E-state index contributed by atoms with van der Waals surface area (Å²) in [5.74, 6) is 0.421. The normalized spacial score (nSPS) is 12.3. The fourth-order valence-corrected chi connectivity index (χ4v) is 4.26. The lowest BCUT2D eigenvalue weighted by Crippen LogP contribution is -2.34. The lowest BCUT2D eigenvalue weighted by molar-refractivity contribution is -0.123. The first-order valence-corrected chi connectivity index (χ1v) is 10.3. The fraction of sp³-hybridized carbons (Fsp3) is 0.190. The number of benzene rings is 2. The van der Waals surface area contributed by atoms with E-state index in [0.717, 1.165) is 5.56 Å². The molecule has 0 aliphatic rings. The van der Waals surface area contributed by atoms with Crippen LogP contribution < -0.4 is 10.1 Å². The highest BCUT2D eigenvalue weighted by atomic mass is 32.2. The Morgan fingerprint density at radius 3 is 2.39 bits per heavy atom. The maximum absolute atomic E-state index is 13.0. The Bertz CT molecular complexity index is 997. The van der Waals surface area contributed by atoms with Crippen LogP contribution in [0.3, 0.4) is 0 Å². The third-order valence-corrected chi connectivity index (χ3v) is 6.26. The molecule has 146 valence electrons. The number of sulfone groups is 1. The standard InChI is InChI=1S/C21H21NO5S/c1-16-9-11-17(12-10-16)27-15-21(23)22-14-20(19-8-5-13-26-19)28(24,25)18-6-3-2-4-7-18/h2-13,20H,14-15H2,1H3,(H,22,23). The molecule has 2 aromatic carbocycles. The Morgan fingerprint density at radius 2 is 1.75 bits per heavy atom. The van der Waals surface area contributed by atoms with Gasteiger partial charge in [-0.3, -0.25) is 4.79 Å². The summed E-state index contributed by atoms with van der Waals surface area (Å²) >= 11 is 0. The van der Waals surface area contributed by atoms with Crippen molar-refractivity contribution in [2.45, 2.75) is 17.1 Å². The van der Waals surface area contributed by atoms with Crippen molar-refractivity contribution in [3.8, 4) is 5.75 Å². The van der Waals surface area contributed by atoms with Gasteiger partial charge in [-0.1, -0.05) is 35.9 Å². The monoisotopic (exact) mass is 399 g/mol. The van der Waals surface area contributed by atoms with Crippen molar-refractivity contribution in [2.24, 2.45) is 0 Å². The van der Waals surface area contributed by atoms with Crippen molar-refractivity contribution < 1.29 is 22.4 Å². The molecule has 0 fully saturated rings. The molecule has 1 aromatic heterocycles. The second-order valence-corrected chi connectivity index (χ2v) is 8.40. The first-order valence-electron chi connectivity index (χ1n) is 8.75. The van der Waals surface area contributed by atoms with Gasteiger partial charge in [0.15, 0.2) is 16.4 Å². The first-order chi connectivity index (χ1) is 13.5. The molecular formula is C21H21NO5S. The van der Waals surface area contributed by atoms with Crippen molar-refractivity contribution in [1.82, 2.24) is 5.32 Å². The fourth-order valence-electron chi connectivity index (χ4n) is 2.65. The van der Waals surface area contributed by atoms with Crippen LogP contribution in [0.4, 0.5) is 0 Å². The van der Waals surface area contributed by atoms with Crippen LogP contribution in [0, 0.1) is 6.92 Å². The van der Waals surface area contributed by atoms with Gasteiger partial charge in [0.05, 0.1) is 11.2 Å². The summed E-state index contributed by atoms with van der Waals surface area (Å²) < 4.78 is 36.8. The van der Waals surface area contributed by atoms with Crippen molar-refractivity contribution in [3.63, 3.8) is 0 Å². The van der Waals surface area contributed by atoms with Gasteiger partial charge in [-0.05, 0) is 43.3 Å². The molecule has 1 N–H and O–H groups in total. The molecule has 0 spiro atoms. The summed E-state index contributed by atoms with van der Waals surface area (Å²) in [5, 5.41) is 1.59. The van der Waals surface area contributed by atoms with E-state index < -0.39 is 21.0 Å². The minimum Gasteiger partial charge on any atom is -0.484 e. The Morgan fingerprint density at radius 1 is 1.04 bits per heavy atom. The van der Waals surface area contributed by atoms with Crippen LogP contribution in [-0.4, -0.2) is 27.5 Å². The molecule has 6 nitrogen and oxygen atoms in total. The zero-order valence-corrected chi connectivity index (χ0v) is 16.2. The SMILES string of the molecule is Cc1ccc(OCC(=O)NCC(c2ccco2)S(=O)(=O)c2ccccc2)cc1. The Labute approximate surface area is 164 Å². The molecule has 0 aliphatic heterocycles. The number of carbonyl (C=O) groups excluding carboxylic acids is 1. The van der Waals surface area contributed by atoms with E-state index in [9.17, 15) is 13.2 Å². The van der Waals surface area contributed by atoms with Crippen LogP contribution in [0.25, 0.3) is 0 Å². The maximum Gasteiger partial charge on any atom is 0.257 e. The second kappa shape index (κ2) is 8.75. The van der Waals surface area contributed by atoms with Crippen LogP contribution in [0.5, 0.6) is 5.75 Å². The number of hydrogen-bond donors (Lipinski definition) is 1. The highest BCUT2D eigenvalue weighted by Crippen LogP contribution is 2.28. The molecule has 1 unspecified atom stereocenters. The number of ether oxygens (including phenoxy) is 1. The van der Waals surface area contributed by atoms with Crippen LogP contribution >= 0.6 is 0 Å². The van der Waals surface area contributed by atoms with Gasteiger partial charge >= 0.3 is 0 Å². The molecule has 0 saturated heterocycles. The van der Waals surface area contributed by atoms with Crippen LogP contribution in [0.2, 0.25) is 0 Å². The first kappa shape index (κ1) is 19.7. The molecule has 3 rings (SSSR count). The lowest BCUT2D eigenvalue weighted by atomic mass is 10.2. The van der Waals surface area contributed by atoms with E-state index in [-0.39, 0.29) is 23.8 Å². The number of nitrogens with one attached hydrogen (secondary N) is 1. The summed E-state index contributed by atoms with van der Waals surface area (Å²) in [6, 6.07) is 18.6. The number of carbonyl (C=O) groups is 1. The second-order valence-electron chi connectivity index (χ2n) is 6.27. The quantitative estimate of drug-likeness (QED) is 0.628. The number of aryl methyl sites for hydroxylation is 1. The minimum atomic E-state index is -3.74. The highest BCUT2D eigenvalue weighted by Gasteiger charge is 2.31. The van der Waals surface area contributed by atoms with Gasteiger partial charge < -0.3 is 14.5 Å². The topological polar surface area (TPSA) is 85.6 Å². The van der Waals surface area contributed by atoms with Gasteiger partial charge in [-0.15, -0.1) is 0 Å². The number of furan rings is 1. The van der Waals surface area contributed by atoms with Gasteiger partial charge in [0, 0.05) is 6.54 Å². The Kier molecular flexibility index (Phi) is 6.16. The molecule has 0 bridgehead atoms. The average molecular weight is 399 g/mol. The van der Waals surface area contributed by atoms with Gasteiger partial charge in [0.2, 0.25) is 0 Å². The molecule has 28 heavy (non-hydrogen) atoms. The Balaban J connectivity index is 1.67. The van der Waals surface area contributed by atoms with E-state index in [2.05, 4.69) is 5.32 Å². The molecule has 3 aromatic rings. The van der Waals surface area contributed by atoms with Gasteiger partial charge in [-0.25, -0.2) is 8.42 Å². The molecule has 0 radical (unpaired) electrons. The van der Waals surface area contributed by atoms with E-state index in [1.807, 2.05) is 19.1 Å². The molecule has 0 aliphatic carbocycles. The van der Waals surface area contributed by atoms with Crippen molar-refractivity contribution in [3.05, 3.63) is 84.3 Å². The van der Waals surface area contributed by atoms with Crippen molar-refractivity contribution in [1.29, 1.82) is 0 Å². The van der Waals surface area contributed by atoms with Gasteiger partial charge in [-0.2, -0.15) is 0 Å². The third kappa shape index (κ3) is 4.80. The third-order valence-electron chi connectivity index (χ3n) is 4.18. The summed E-state index contributed by atoms with van der Waals surface area (Å²) in [5.41, 5.74) is 1.09. The molecule has 1 atom stereocenters. The van der Waals surface area contributed by atoms with Gasteiger partial charge in [0.25, 0.3) is 5.91 Å². The van der Waals surface area contributed by atoms with Crippen LogP contribution in [0.15, 0.2) is 82.3 Å². The highest BCUT2D eigenvalue weighted by molar-refractivity contribution is 7.91. The number of hydrogen-bond acceptors (Lipinski definition) is 5. The molecule has 0 saturated carbocycles. The molecular weight excluding hydrogens is 378 g/mol. The van der Waals surface area contributed by atoms with E-state index in [1.165, 1.54) is 18.4 Å². The van der Waals surface area contributed by atoms with Crippen molar-refractivity contribution >= 4 is 15.7 Å². The largest absolute Gasteiger partial charge is 0.484 e.